The number of nitrogens with zero attached hydrogens (tertiary/aromatic N) is 3. The summed E-state index contributed by atoms with van der Waals surface area (Å²) >= 11 is 6.00. The molecule has 3 amide bonds. The third-order valence-electron chi connectivity index (χ3n) is 4.94. The minimum atomic E-state index is -0.482. The van der Waals surface area contributed by atoms with Crippen LogP contribution in [0.2, 0.25) is 5.02 Å². The number of allylic oxidation sites excluding steroid dienone is 2. The van der Waals surface area contributed by atoms with Gasteiger partial charge in [-0.1, -0.05) is 23.7 Å². The molecule has 0 saturated carbocycles. The second-order valence-electron chi connectivity index (χ2n) is 6.85. The number of hydrogen-bond acceptors (Lipinski definition) is 5. The maximum absolute atomic E-state index is 11.7. The number of carbonyl (C=O) groups is 2. The van der Waals surface area contributed by atoms with Gasteiger partial charge in [-0.2, -0.15) is 5.10 Å². The van der Waals surface area contributed by atoms with Gasteiger partial charge >= 0.3 is 6.03 Å². The molecule has 1 aliphatic carbocycles. The van der Waals surface area contributed by atoms with Crippen molar-refractivity contribution >= 4 is 35.8 Å². The number of ether oxygens (including phenoxy) is 1. The number of imide groups is 1. The minimum absolute atomic E-state index is 0.0387. The van der Waals surface area contributed by atoms with E-state index in [0.717, 1.165) is 47.8 Å². The van der Waals surface area contributed by atoms with Crippen LogP contribution in [0.4, 0.5) is 4.79 Å². The molecule has 7 nitrogen and oxygen atoms in total. The summed E-state index contributed by atoms with van der Waals surface area (Å²) in [6.07, 6.45) is 5.61. The molecule has 1 aromatic rings. The zero-order valence-electron chi connectivity index (χ0n) is 15.4. The van der Waals surface area contributed by atoms with Crippen molar-refractivity contribution in [3.8, 4) is 0 Å². The van der Waals surface area contributed by atoms with Crippen molar-refractivity contribution in [1.82, 2.24) is 15.2 Å². The molecule has 0 bridgehead atoms. The highest BCUT2D eigenvalue weighted by Gasteiger charge is 2.28. The molecule has 0 radical (unpaired) electrons. The highest BCUT2D eigenvalue weighted by molar-refractivity contribution is 6.30. The minimum Gasteiger partial charge on any atom is -0.378 e. The molecule has 0 spiro atoms. The number of urea groups is 1. The van der Waals surface area contributed by atoms with Crippen LogP contribution in [0.15, 0.2) is 46.2 Å². The van der Waals surface area contributed by atoms with Crippen LogP contribution in [0, 0.1) is 0 Å². The molecule has 3 aliphatic rings. The number of halogens is 1. The summed E-state index contributed by atoms with van der Waals surface area (Å²) < 4.78 is 5.50. The maximum Gasteiger partial charge on any atom is 0.344 e. The Labute approximate surface area is 168 Å². The van der Waals surface area contributed by atoms with Gasteiger partial charge in [-0.05, 0) is 47.8 Å². The van der Waals surface area contributed by atoms with E-state index in [-0.39, 0.29) is 12.5 Å². The van der Waals surface area contributed by atoms with Crippen LogP contribution >= 0.6 is 11.6 Å². The quantitative estimate of drug-likeness (QED) is 0.622. The summed E-state index contributed by atoms with van der Waals surface area (Å²) in [6, 6.07) is 7.28. The van der Waals surface area contributed by atoms with Gasteiger partial charge in [0.15, 0.2) is 0 Å². The van der Waals surface area contributed by atoms with E-state index >= 15 is 0 Å². The predicted molar refractivity (Wildman–Crippen MR) is 107 cm³/mol. The number of amides is 3. The molecular formula is C20H21ClN4O3. The molecule has 2 fully saturated rings. The average Bonchev–Trinajstić information content (AvgIpc) is 3.24. The second-order valence-corrected chi connectivity index (χ2v) is 7.29. The Kier molecular flexibility index (Phi) is 5.45. The fourth-order valence-electron chi connectivity index (χ4n) is 3.60. The first kappa shape index (κ1) is 18.7. The van der Waals surface area contributed by atoms with Crippen LogP contribution < -0.4 is 5.32 Å². The van der Waals surface area contributed by atoms with E-state index in [9.17, 15) is 9.59 Å². The van der Waals surface area contributed by atoms with Crippen molar-refractivity contribution in [1.29, 1.82) is 0 Å². The topological polar surface area (TPSA) is 74.2 Å². The van der Waals surface area contributed by atoms with E-state index in [4.69, 9.17) is 16.3 Å². The van der Waals surface area contributed by atoms with E-state index in [0.29, 0.717) is 18.2 Å². The standard InChI is InChI=1S/C20H21ClN4O3/c21-17-5-1-14(2-6-17)11-15-3-4-16(19(15)24-7-9-28-10-8-24)12-22-25-13-18(26)23-20(25)27/h1-2,5-6,11-12H,3-4,7-10,13H2,(H,23,26,27)/b15-11+,22-12-. The van der Waals surface area contributed by atoms with Crippen LogP contribution in [0.5, 0.6) is 0 Å². The second kappa shape index (κ2) is 8.16. The average molecular weight is 401 g/mol. The van der Waals surface area contributed by atoms with Gasteiger partial charge in [0, 0.05) is 23.8 Å². The molecule has 4 rings (SSSR count). The monoisotopic (exact) mass is 400 g/mol. The predicted octanol–water partition coefficient (Wildman–Crippen LogP) is 2.64. The van der Waals surface area contributed by atoms with Crippen LogP contribution in [0.25, 0.3) is 6.08 Å². The number of rotatable bonds is 4. The first-order valence-electron chi connectivity index (χ1n) is 9.28. The van der Waals surface area contributed by atoms with Crippen LogP contribution in [-0.4, -0.2) is 60.9 Å². The van der Waals surface area contributed by atoms with Crippen molar-refractivity contribution in [2.24, 2.45) is 5.10 Å². The third kappa shape index (κ3) is 4.10. The number of morpholine rings is 1. The largest absolute Gasteiger partial charge is 0.378 e. The Bertz CT molecular complexity index is 870. The van der Waals surface area contributed by atoms with Gasteiger partial charge in [0.25, 0.3) is 0 Å². The Morgan fingerprint density at radius 2 is 1.86 bits per heavy atom. The Morgan fingerprint density at radius 1 is 1.11 bits per heavy atom. The summed E-state index contributed by atoms with van der Waals surface area (Å²) in [4.78, 5) is 25.4. The van der Waals surface area contributed by atoms with E-state index in [1.807, 2.05) is 24.3 Å². The molecule has 2 saturated heterocycles. The lowest BCUT2D eigenvalue weighted by atomic mass is 10.1. The van der Waals surface area contributed by atoms with E-state index < -0.39 is 6.03 Å². The van der Waals surface area contributed by atoms with Gasteiger partial charge in [0.05, 0.1) is 19.4 Å². The Morgan fingerprint density at radius 3 is 2.54 bits per heavy atom. The van der Waals surface area contributed by atoms with Crippen LogP contribution in [0.3, 0.4) is 0 Å². The van der Waals surface area contributed by atoms with Crippen molar-refractivity contribution in [3.05, 3.63) is 51.7 Å². The molecule has 0 aromatic heterocycles. The summed E-state index contributed by atoms with van der Waals surface area (Å²) in [7, 11) is 0. The lowest BCUT2D eigenvalue weighted by Crippen LogP contribution is -2.36. The number of carbonyl (C=O) groups excluding carboxylic acids is 2. The first-order valence-corrected chi connectivity index (χ1v) is 9.65. The van der Waals surface area contributed by atoms with Crippen LogP contribution in [0.1, 0.15) is 18.4 Å². The third-order valence-corrected chi connectivity index (χ3v) is 5.19. The van der Waals surface area contributed by atoms with E-state index in [1.54, 1.807) is 6.21 Å². The van der Waals surface area contributed by atoms with E-state index in [2.05, 4.69) is 21.4 Å². The lowest BCUT2D eigenvalue weighted by molar-refractivity contribution is -0.118. The zero-order valence-corrected chi connectivity index (χ0v) is 16.1. The first-order chi connectivity index (χ1) is 13.6. The van der Waals surface area contributed by atoms with Crippen LogP contribution in [-0.2, 0) is 9.53 Å². The molecule has 2 heterocycles. The Hall–Kier alpha value is -2.64. The molecule has 0 unspecified atom stereocenters. The molecule has 2 aliphatic heterocycles. The van der Waals surface area contributed by atoms with Gasteiger partial charge in [-0.3, -0.25) is 10.1 Å². The van der Waals surface area contributed by atoms with Gasteiger partial charge < -0.3 is 9.64 Å². The van der Waals surface area contributed by atoms with Gasteiger partial charge in [0.2, 0.25) is 5.91 Å². The fourth-order valence-corrected chi connectivity index (χ4v) is 3.72. The van der Waals surface area contributed by atoms with Gasteiger partial charge in [-0.15, -0.1) is 0 Å². The fraction of sp³-hybridized carbons (Fsp3) is 0.350. The van der Waals surface area contributed by atoms with Crippen molar-refractivity contribution in [2.75, 3.05) is 32.8 Å². The van der Waals surface area contributed by atoms with Gasteiger partial charge in [0.1, 0.15) is 6.54 Å². The summed E-state index contributed by atoms with van der Waals surface area (Å²) in [5.74, 6) is -0.334. The highest BCUT2D eigenvalue weighted by atomic mass is 35.5. The molecule has 1 N–H and O–H groups in total. The number of nitrogens with one attached hydrogen (secondary N) is 1. The smallest absolute Gasteiger partial charge is 0.344 e. The SMILES string of the molecule is O=C1CN(/N=C\C2=C(N3CCOCC3)C(=C/c3ccc(Cl)cc3)/CC2)C(=O)N1. The molecule has 28 heavy (non-hydrogen) atoms. The normalized spacial score (nSPS) is 22.1. The summed E-state index contributed by atoms with van der Waals surface area (Å²) in [5, 5.41) is 8.35. The molecule has 0 atom stereocenters. The maximum atomic E-state index is 11.7. The van der Waals surface area contributed by atoms with Crippen molar-refractivity contribution in [2.45, 2.75) is 12.8 Å². The lowest BCUT2D eigenvalue weighted by Gasteiger charge is -2.31. The summed E-state index contributed by atoms with van der Waals surface area (Å²) in [6.45, 7) is 2.96. The van der Waals surface area contributed by atoms with Crippen molar-refractivity contribution < 1.29 is 14.3 Å². The highest BCUT2D eigenvalue weighted by Crippen LogP contribution is 2.35. The molecular weight excluding hydrogens is 380 g/mol. The number of benzene rings is 1. The summed E-state index contributed by atoms with van der Waals surface area (Å²) in [5.41, 5.74) is 4.53. The van der Waals surface area contributed by atoms with Crippen molar-refractivity contribution in [3.63, 3.8) is 0 Å². The molecule has 8 heteroatoms. The zero-order chi connectivity index (χ0) is 19.5. The molecule has 146 valence electrons. The molecule has 1 aromatic carbocycles. The number of hydrazone groups is 1. The Balaban J connectivity index is 1.64. The number of hydrogen-bond donors (Lipinski definition) is 1. The van der Waals surface area contributed by atoms with Gasteiger partial charge in [-0.25, -0.2) is 9.80 Å². The van der Waals surface area contributed by atoms with E-state index in [1.165, 1.54) is 5.57 Å².